The molecule has 3 nitrogen and oxygen atoms in total. The molecule has 5 heteroatoms. The van der Waals surface area contributed by atoms with Gasteiger partial charge in [-0.25, -0.2) is 0 Å². The fraction of sp³-hybridized carbons (Fsp3) is 0.500. The highest BCUT2D eigenvalue weighted by atomic mass is 127. The van der Waals surface area contributed by atoms with Gasteiger partial charge >= 0.3 is 0 Å². The smallest absolute Gasteiger partial charge is 0.255 e. The Bertz CT molecular complexity index is 366. The Balaban J connectivity index is 2.13. The van der Waals surface area contributed by atoms with Crippen LogP contribution in [-0.2, 0) is 0 Å². The highest BCUT2D eigenvalue weighted by molar-refractivity contribution is 14.1. The molecule has 0 aliphatic carbocycles. The van der Waals surface area contributed by atoms with Crippen LogP contribution in [0, 0.1) is 2.88 Å². The second-order valence-corrected chi connectivity index (χ2v) is 6.42. The number of amides is 1. The van der Waals surface area contributed by atoms with Crippen molar-refractivity contribution in [2.75, 3.05) is 13.2 Å². The van der Waals surface area contributed by atoms with Crippen molar-refractivity contribution in [2.45, 2.75) is 18.9 Å². The highest BCUT2D eigenvalue weighted by Gasteiger charge is 2.28. The van der Waals surface area contributed by atoms with Crippen LogP contribution in [0.2, 0.25) is 0 Å². The Hall–Kier alpha value is -0.140. The molecule has 0 aromatic carbocycles. The Morgan fingerprint density at radius 2 is 2.53 bits per heavy atom. The monoisotopic (exact) mass is 337 g/mol. The van der Waals surface area contributed by atoms with Crippen molar-refractivity contribution in [1.29, 1.82) is 0 Å². The topological polar surface area (TPSA) is 40.5 Å². The van der Waals surface area contributed by atoms with E-state index < -0.39 is 0 Å². The first-order valence-electron chi connectivity index (χ1n) is 4.88. The number of carbonyl (C=O) groups excluding carboxylic acids is 1. The van der Waals surface area contributed by atoms with Crippen LogP contribution in [-0.4, -0.2) is 35.1 Å². The maximum Gasteiger partial charge on any atom is 0.255 e. The first-order chi connectivity index (χ1) is 7.22. The minimum atomic E-state index is 0.0232. The molecule has 1 saturated heterocycles. The fourth-order valence-corrected chi connectivity index (χ4v) is 3.20. The van der Waals surface area contributed by atoms with Crippen LogP contribution in [0.4, 0.5) is 0 Å². The van der Waals surface area contributed by atoms with Gasteiger partial charge in [0, 0.05) is 11.9 Å². The number of likely N-dealkylation sites (tertiary alicyclic amines) is 1. The van der Waals surface area contributed by atoms with Gasteiger partial charge in [-0.2, -0.15) is 0 Å². The van der Waals surface area contributed by atoms with E-state index in [0.29, 0.717) is 0 Å². The third-order valence-electron chi connectivity index (χ3n) is 2.66. The maximum atomic E-state index is 12.0. The molecule has 1 aromatic rings. The van der Waals surface area contributed by atoms with Crippen LogP contribution >= 0.6 is 33.9 Å². The van der Waals surface area contributed by atoms with Gasteiger partial charge in [0.2, 0.25) is 0 Å². The number of hydrogen-bond donors (Lipinski definition) is 1. The summed E-state index contributed by atoms with van der Waals surface area (Å²) >= 11 is 3.79. The van der Waals surface area contributed by atoms with Crippen molar-refractivity contribution in [3.63, 3.8) is 0 Å². The van der Waals surface area contributed by atoms with Crippen molar-refractivity contribution in [3.05, 3.63) is 19.9 Å². The number of halogens is 1. The molecule has 2 heterocycles. The van der Waals surface area contributed by atoms with Crippen molar-refractivity contribution in [2.24, 2.45) is 0 Å². The van der Waals surface area contributed by atoms with E-state index in [4.69, 9.17) is 5.11 Å². The molecule has 1 N–H and O–H groups in total. The molecule has 1 aliphatic heterocycles. The number of thiophene rings is 1. The van der Waals surface area contributed by atoms with Crippen molar-refractivity contribution in [1.82, 2.24) is 4.90 Å². The maximum absolute atomic E-state index is 12.0. The van der Waals surface area contributed by atoms with Gasteiger partial charge in [-0.15, -0.1) is 11.3 Å². The lowest BCUT2D eigenvalue weighted by atomic mass is 10.2. The SMILES string of the molecule is O=C(c1csc(I)c1)N1CCC[C@@H]1CO. The molecule has 0 radical (unpaired) electrons. The number of rotatable bonds is 2. The summed E-state index contributed by atoms with van der Waals surface area (Å²) in [6.07, 6.45) is 1.92. The first-order valence-corrected chi connectivity index (χ1v) is 6.84. The molecule has 0 saturated carbocycles. The molecular weight excluding hydrogens is 325 g/mol. The number of nitrogens with zero attached hydrogens (tertiary/aromatic N) is 1. The molecule has 82 valence electrons. The minimum absolute atomic E-state index is 0.0232. The summed E-state index contributed by atoms with van der Waals surface area (Å²) < 4.78 is 1.12. The summed E-state index contributed by atoms with van der Waals surface area (Å²) in [5.74, 6) is 0.0608. The van der Waals surface area contributed by atoms with Gasteiger partial charge in [0.25, 0.3) is 5.91 Å². The van der Waals surface area contributed by atoms with E-state index >= 15 is 0 Å². The van der Waals surface area contributed by atoms with Crippen LogP contribution < -0.4 is 0 Å². The zero-order chi connectivity index (χ0) is 10.8. The van der Waals surface area contributed by atoms with Gasteiger partial charge in [-0.1, -0.05) is 0 Å². The van der Waals surface area contributed by atoms with Gasteiger partial charge in [-0.05, 0) is 41.5 Å². The van der Waals surface area contributed by atoms with E-state index in [9.17, 15) is 4.79 Å². The summed E-state index contributed by atoms with van der Waals surface area (Å²) in [4.78, 5) is 13.8. The van der Waals surface area contributed by atoms with Crippen LogP contribution in [0.25, 0.3) is 0 Å². The summed E-state index contributed by atoms with van der Waals surface area (Å²) in [6.45, 7) is 0.851. The lowest BCUT2D eigenvalue weighted by Gasteiger charge is -2.22. The molecule has 1 aromatic heterocycles. The van der Waals surface area contributed by atoms with E-state index in [1.165, 1.54) is 0 Å². The summed E-state index contributed by atoms with van der Waals surface area (Å²) in [7, 11) is 0. The number of carbonyl (C=O) groups is 1. The summed E-state index contributed by atoms with van der Waals surface area (Å²) in [6, 6.07) is 1.93. The second kappa shape index (κ2) is 4.80. The average molecular weight is 337 g/mol. The third kappa shape index (κ3) is 2.34. The molecule has 0 spiro atoms. The lowest BCUT2D eigenvalue weighted by molar-refractivity contribution is 0.0678. The summed E-state index contributed by atoms with van der Waals surface area (Å²) in [5, 5.41) is 11.0. The predicted octanol–water partition coefficient (Wildman–Crippen LogP) is 1.95. The number of aliphatic hydroxyl groups is 1. The fourth-order valence-electron chi connectivity index (χ4n) is 1.88. The van der Waals surface area contributed by atoms with Crippen LogP contribution in [0.5, 0.6) is 0 Å². The first kappa shape index (κ1) is 11.3. The molecule has 1 amide bonds. The zero-order valence-electron chi connectivity index (χ0n) is 8.15. The molecule has 15 heavy (non-hydrogen) atoms. The minimum Gasteiger partial charge on any atom is -0.394 e. The van der Waals surface area contributed by atoms with E-state index in [1.807, 2.05) is 11.4 Å². The van der Waals surface area contributed by atoms with Gasteiger partial charge in [0.05, 0.1) is 21.1 Å². The highest BCUT2D eigenvalue weighted by Crippen LogP contribution is 2.23. The van der Waals surface area contributed by atoms with E-state index in [-0.39, 0.29) is 18.6 Å². The number of aliphatic hydroxyl groups excluding tert-OH is 1. The van der Waals surface area contributed by atoms with Gasteiger partial charge in [0.1, 0.15) is 0 Å². The number of hydrogen-bond acceptors (Lipinski definition) is 3. The van der Waals surface area contributed by atoms with Crippen molar-refractivity contribution < 1.29 is 9.90 Å². The Morgan fingerprint density at radius 1 is 1.73 bits per heavy atom. The van der Waals surface area contributed by atoms with Crippen molar-refractivity contribution in [3.8, 4) is 0 Å². The van der Waals surface area contributed by atoms with Gasteiger partial charge in [0.15, 0.2) is 0 Å². The van der Waals surface area contributed by atoms with Gasteiger partial charge in [-0.3, -0.25) is 4.79 Å². The molecule has 1 atom stereocenters. The molecule has 0 unspecified atom stereocenters. The third-order valence-corrected chi connectivity index (χ3v) is 4.45. The molecule has 1 fully saturated rings. The van der Waals surface area contributed by atoms with E-state index in [2.05, 4.69) is 22.6 Å². The quantitative estimate of drug-likeness (QED) is 0.838. The average Bonchev–Trinajstić information content (AvgIpc) is 2.84. The van der Waals surface area contributed by atoms with Crippen LogP contribution in [0.15, 0.2) is 11.4 Å². The molecular formula is C10H12INO2S. The molecule has 2 rings (SSSR count). The Morgan fingerprint density at radius 3 is 3.13 bits per heavy atom. The Labute approximate surface area is 106 Å². The van der Waals surface area contributed by atoms with Gasteiger partial charge < -0.3 is 10.0 Å². The predicted molar refractivity (Wildman–Crippen MR) is 68.2 cm³/mol. The van der Waals surface area contributed by atoms with E-state index in [0.717, 1.165) is 27.8 Å². The normalized spacial score (nSPS) is 20.9. The van der Waals surface area contributed by atoms with Crippen molar-refractivity contribution >= 4 is 39.8 Å². The molecule has 0 bridgehead atoms. The molecule has 1 aliphatic rings. The second-order valence-electron chi connectivity index (χ2n) is 3.62. The Kier molecular flexibility index (Phi) is 3.63. The standard InChI is InChI=1S/C10H12INO2S/c11-9-4-7(6-15-9)10(14)12-3-1-2-8(12)5-13/h4,6,8,13H,1-3,5H2/t8-/m1/s1. The van der Waals surface area contributed by atoms with E-state index in [1.54, 1.807) is 16.2 Å². The lowest BCUT2D eigenvalue weighted by Crippen LogP contribution is -2.37. The zero-order valence-corrected chi connectivity index (χ0v) is 11.1. The van der Waals surface area contributed by atoms with Crippen LogP contribution in [0.3, 0.4) is 0 Å². The summed E-state index contributed by atoms with van der Waals surface area (Å²) in [5.41, 5.74) is 0.754. The van der Waals surface area contributed by atoms with Crippen LogP contribution in [0.1, 0.15) is 23.2 Å². The largest absolute Gasteiger partial charge is 0.394 e.